The van der Waals surface area contributed by atoms with E-state index in [1.54, 1.807) is 0 Å². The zero-order chi connectivity index (χ0) is 20.5. The van der Waals surface area contributed by atoms with Crippen LogP contribution in [0.5, 0.6) is 0 Å². The quantitative estimate of drug-likeness (QED) is 0.376. The van der Waals surface area contributed by atoms with Crippen LogP contribution in [0.3, 0.4) is 0 Å². The molecule has 1 amide bonds. The molecule has 0 aliphatic carbocycles. The summed E-state index contributed by atoms with van der Waals surface area (Å²) in [7, 11) is 0. The van der Waals surface area contributed by atoms with Crippen LogP contribution >= 0.6 is 11.6 Å². The summed E-state index contributed by atoms with van der Waals surface area (Å²) in [4.78, 5) is 24.6. The summed E-state index contributed by atoms with van der Waals surface area (Å²) in [6, 6.07) is 11.6. The maximum absolute atomic E-state index is 12.1. The molecule has 2 aromatic rings. The number of carbonyl (C=O) groups is 1. The first-order chi connectivity index (χ1) is 13.5. The third-order valence-corrected chi connectivity index (χ3v) is 4.35. The highest BCUT2D eigenvalue weighted by Crippen LogP contribution is 2.22. The number of hydrogen-bond donors (Lipinski definition) is 1. The molecule has 0 aliphatic rings. The van der Waals surface area contributed by atoms with Crippen molar-refractivity contribution >= 4 is 35.1 Å². The van der Waals surface area contributed by atoms with E-state index in [0.717, 1.165) is 43.2 Å². The topological polar surface area (TPSA) is 87.8 Å². The van der Waals surface area contributed by atoms with Crippen molar-refractivity contribution in [3.63, 3.8) is 0 Å². The Kier molecular flexibility index (Phi) is 7.95. The fraction of sp³-hybridized carbons (Fsp3) is 0.300. The lowest BCUT2D eigenvalue weighted by atomic mass is 10.2. The maximum atomic E-state index is 12.1. The number of hydrazone groups is 1. The third kappa shape index (κ3) is 5.79. The van der Waals surface area contributed by atoms with Gasteiger partial charge in [-0.15, -0.1) is 0 Å². The zero-order valence-corrected chi connectivity index (χ0v) is 16.6. The van der Waals surface area contributed by atoms with E-state index in [1.165, 1.54) is 18.3 Å². The Balaban J connectivity index is 2.00. The van der Waals surface area contributed by atoms with Gasteiger partial charge in [0.15, 0.2) is 0 Å². The molecule has 7 nitrogen and oxygen atoms in total. The molecule has 0 radical (unpaired) electrons. The smallest absolute Gasteiger partial charge is 0.272 e. The molecule has 0 fully saturated rings. The molecule has 0 aliphatic heterocycles. The molecule has 0 saturated carbocycles. The number of nitrogens with one attached hydrogen (secondary N) is 1. The molecule has 2 aromatic carbocycles. The Bertz CT molecular complexity index is 847. The molecule has 0 atom stereocenters. The van der Waals surface area contributed by atoms with Crippen LogP contribution in [-0.4, -0.2) is 30.1 Å². The molecule has 2 rings (SSSR count). The van der Waals surface area contributed by atoms with Gasteiger partial charge in [0, 0.05) is 30.9 Å². The Morgan fingerprint density at radius 3 is 2.36 bits per heavy atom. The van der Waals surface area contributed by atoms with Crippen molar-refractivity contribution in [2.24, 2.45) is 5.10 Å². The van der Waals surface area contributed by atoms with E-state index < -0.39 is 10.8 Å². The largest absolute Gasteiger partial charge is 0.372 e. The Morgan fingerprint density at radius 1 is 1.18 bits per heavy atom. The van der Waals surface area contributed by atoms with Gasteiger partial charge >= 0.3 is 0 Å². The van der Waals surface area contributed by atoms with Crippen molar-refractivity contribution in [1.82, 2.24) is 5.43 Å². The summed E-state index contributed by atoms with van der Waals surface area (Å²) >= 11 is 5.94. The van der Waals surface area contributed by atoms with Gasteiger partial charge in [-0.1, -0.05) is 37.6 Å². The van der Waals surface area contributed by atoms with Crippen LogP contribution in [0.1, 0.15) is 42.6 Å². The van der Waals surface area contributed by atoms with E-state index in [2.05, 4.69) is 29.3 Å². The van der Waals surface area contributed by atoms with E-state index in [9.17, 15) is 14.9 Å². The van der Waals surface area contributed by atoms with Crippen LogP contribution in [0.2, 0.25) is 5.02 Å². The zero-order valence-electron chi connectivity index (χ0n) is 15.9. The van der Waals surface area contributed by atoms with Gasteiger partial charge in [0.25, 0.3) is 11.6 Å². The molecule has 0 bridgehead atoms. The van der Waals surface area contributed by atoms with Crippen molar-refractivity contribution in [2.45, 2.75) is 26.7 Å². The van der Waals surface area contributed by atoms with Crippen LogP contribution in [0.4, 0.5) is 11.4 Å². The average molecular weight is 403 g/mol. The molecular weight excluding hydrogens is 380 g/mol. The monoisotopic (exact) mass is 402 g/mol. The minimum Gasteiger partial charge on any atom is -0.372 e. The second-order valence-electron chi connectivity index (χ2n) is 6.20. The lowest BCUT2D eigenvalue weighted by Gasteiger charge is -2.23. The SMILES string of the molecule is CCCN(CCC)c1ccc(/C=N\NC(=O)c2ccc([N+](=O)[O-])cc2Cl)cc1. The summed E-state index contributed by atoms with van der Waals surface area (Å²) < 4.78 is 0. The number of rotatable bonds is 9. The van der Waals surface area contributed by atoms with Gasteiger partial charge in [0.05, 0.1) is 21.7 Å². The first-order valence-electron chi connectivity index (χ1n) is 9.08. The Hall–Kier alpha value is -2.93. The molecule has 0 aromatic heterocycles. The Labute approximate surface area is 169 Å². The number of halogens is 1. The van der Waals surface area contributed by atoms with E-state index in [4.69, 9.17) is 11.6 Å². The lowest BCUT2D eigenvalue weighted by Crippen LogP contribution is -2.24. The Morgan fingerprint density at radius 2 is 1.82 bits per heavy atom. The number of nitro groups is 1. The normalized spacial score (nSPS) is 10.8. The molecular formula is C20H23ClN4O3. The number of carbonyl (C=O) groups excluding carboxylic acids is 1. The average Bonchev–Trinajstić information content (AvgIpc) is 2.68. The summed E-state index contributed by atoms with van der Waals surface area (Å²) in [5, 5.41) is 14.7. The number of benzene rings is 2. The first kappa shape index (κ1) is 21.4. The van der Waals surface area contributed by atoms with Gasteiger partial charge < -0.3 is 4.90 Å². The molecule has 0 spiro atoms. The molecule has 148 valence electrons. The second kappa shape index (κ2) is 10.4. The molecule has 0 saturated heterocycles. The fourth-order valence-corrected chi connectivity index (χ4v) is 2.97. The van der Waals surface area contributed by atoms with Gasteiger partial charge in [-0.25, -0.2) is 5.43 Å². The van der Waals surface area contributed by atoms with Gasteiger partial charge in [-0.2, -0.15) is 5.10 Å². The van der Waals surface area contributed by atoms with E-state index in [1.807, 2.05) is 24.3 Å². The number of amides is 1. The predicted octanol–water partition coefficient (Wildman–Crippen LogP) is 4.64. The van der Waals surface area contributed by atoms with Gasteiger partial charge in [0.1, 0.15) is 0 Å². The first-order valence-corrected chi connectivity index (χ1v) is 9.46. The highest BCUT2D eigenvalue weighted by molar-refractivity contribution is 6.34. The molecule has 28 heavy (non-hydrogen) atoms. The number of nitrogens with zero attached hydrogens (tertiary/aromatic N) is 3. The van der Waals surface area contributed by atoms with Crippen LogP contribution in [0.15, 0.2) is 47.6 Å². The highest BCUT2D eigenvalue weighted by atomic mass is 35.5. The van der Waals surface area contributed by atoms with Crippen LogP contribution < -0.4 is 10.3 Å². The summed E-state index contributed by atoms with van der Waals surface area (Å²) in [6.07, 6.45) is 3.70. The highest BCUT2D eigenvalue weighted by Gasteiger charge is 2.14. The number of anilines is 1. The van der Waals surface area contributed by atoms with E-state index in [0.29, 0.717) is 0 Å². The van der Waals surface area contributed by atoms with E-state index in [-0.39, 0.29) is 16.3 Å². The van der Waals surface area contributed by atoms with Crippen molar-refractivity contribution in [3.05, 3.63) is 68.7 Å². The molecule has 0 heterocycles. The van der Waals surface area contributed by atoms with Crippen molar-refractivity contribution in [1.29, 1.82) is 0 Å². The van der Waals surface area contributed by atoms with E-state index >= 15 is 0 Å². The number of nitro benzene ring substituents is 1. The summed E-state index contributed by atoms with van der Waals surface area (Å²) in [6.45, 7) is 6.33. The number of non-ortho nitro benzene ring substituents is 1. The third-order valence-electron chi connectivity index (χ3n) is 4.03. The van der Waals surface area contributed by atoms with Crippen molar-refractivity contribution in [3.8, 4) is 0 Å². The van der Waals surface area contributed by atoms with Gasteiger partial charge in [0.2, 0.25) is 0 Å². The number of hydrogen-bond acceptors (Lipinski definition) is 5. The van der Waals surface area contributed by atoms with Crippen molar-refractivity contribution < 1.29 is 9.72 Å². The molecule has 1 N–H and O–H groups in total. The van der Waals surface area contributed by atoms with Crippen molar-refractivity contribution in [2.75, 3.05) is 18.0 Å². The minimum absolute atomic E-state index is 0.00167. The minimum atomic E-state index is -0.572. The summed E-state index contributed by atoms with van der Waals surface area (Å²) in [5.74, 6) is -0.537. The predicted molar refractivity (Wildman–Crippen MR) is 112 cm³/mol. The van der Waals surface area contributed by atoms with Gasteiger partial charge in [-0.05, 0) is 36.6 Å². The van der Waals surface area contributed by atoms with Crippen LogP contribution in [0.25, 0.3) is 0 Å². The standard InChI is InChI=1S/C20H23ClN4O3/c1-3-11-24(12-4-2)16-7-5-15(6-8-16)14-22-23-20(26)18-10-9-17(25(27)28)13-19(18)21/h5-10,13-14H,3-4,11-12H2,1-2H3,(H,23,26)/b22-14-. The van der Waals surface area contributed by atoms with Gasteiger partial charge in [-0.3, -0.25) is 14.9 Å². The van der Waals surface area contributed by atoms with Crippen LogP contribution in [0, 0.1) is 10.1 Å². The maximum Gasteiger partial charge on any atom is 0.272 e. The molecule has 0 unspecified atom stereocenters. The molecule has 8 heteroatoms. The summed E-state index contributed by atoms with van der Waals surface area (Å²) in [5.41, 5.74) is 4.32. The second-order valence-corrected chi connectivity index (χ2v) is 6.61. The van der Waals surface area contributed by atoms with Crippen LogP contribution in [-0.2, 0) is 0 Å². The fourth-order valence-electron chi connectivity index (χ4n) is 2.71. The lowest BCUT2D eigenvalue weighted by molar-refractivity contribution is -0.384.